The molecule has 0 fully saturated rings. The molecule has 0 bridgehead atoms. The van der Waals surface area contributed by atoms with Gasteiger partial charge in [0.25, 0.3) is 0 Å². The van der Waals surface area contributed by atoms with Crippen LogP contribution in [0.25, 0.3) is 0 Å². The number of ether oxygens (including phenoxy) is 1. The molecule has 1 aliphatic carbocycles. The van der Waals surface area contributed by atoms with E-state index in [4.69, 9.17) is 4.74 Å². The summed E-state index contributed by atoms with van der Waals surface area (Å²) in [5, 5.41) is 12.9. The molecule has 106 valence electrons. The number of benzene rings is 1. The molecule has 0 aliphatic heterocycles. The summed E-state index contributed by atoms with van der Waals surface area (Å²) in [7, 11) is 0. The van der Waals surface area contributed by atoms with E-state index in [2.05, 4.69) is 31.3 Å². The molecular weight excluding hydrogens is 238 g/mol. The number of aryl methyl sites for hydroxylation is 2. The topological polar surface area (TPSA) is 41.5 Å². The third-order valence-corrected chi connectivity index (χ3v) is 3.61. The van der Waals surface area contributed by atoms with Crippen molar-refractivity contribution in [2.24, 2.45) is 0 Å². The van der Waals surface area contributed by atoms with Gasteiger partial charge in [0.05, 0.1) is 12.1 Å². The first kappa shape index (κ1) is 14.4. The van der Waals surface area contributed by atoms with Gasteiger partial charge >= 0.3 is 0 Å². The molecule has 3 nitrogen and oxygen atoms in total. The predicted molar refractivity (Wildman–Crippen MR) is 77.7 cm³/mol. The lowest BCUT2D eigenvalue weighted by Crippen LogP contribution is -2.53. The van der Waals surface area contributed by atoms with Crippen LogP contribution in [0, 0.1) is 0 Å². The first-order valence-electron chi connectivity index (χ1n) is 7.15. The van der Waals surface area contributed by atoms with Crippen molar-refractivity contribution in [1.82, 2.24) is 5.32 Å². The van der Waals surface area contributed by atoms with Crippen molar-refractivity contribution in [2.75, 3.05) is 13.2 Å². The van der Waals surface area contributed by atoms with E-state index in [0.29, 0.717) is 12.6 Å². The van der Waals surface area contributed by atoms with E-state index in [0.717, 1.165) is 12.2 Å². The number of hydrogen-bond acceptors (Lipinski definition) is 3. The van der Waals surface area contributed by atoms with E-state index in [1.807, 2.05) is 13.0 Å². The van der Waals surface area contributed by atoms with Crippen LogP contribution in [0.5, 0.6) is 5.75 Å². The molecule has 0 saturated carbocycles. The van der Waals surface area contributed by atoms with Crippen molar-refractivity contribution >= 4 is 0 Å². The van der Waals surface area contributed by atoms with Gasteiger partial charge in [-0.15, -0.1) is 0 Å². The summed E-state index contributed by atoms with van der Waals surface area (Å²) in [6.45, 7) is 6.67. The normalized spacial score (nSPS) is 17.3. The minimum atomic E-state index is -0.396. The van der Waals surface area contributed by atoms with Gasteiger partial charge < -0.3 is 15.2 Å². The summed E-state index contributed by atoms with van der Waals surface area (Å²) >= 11 is 0. The van der Waals surface area contributed by atoms with Crippen molar-refractivity contribution < 1.29 is 9.84 Å². The average Bonchev–Trinajstić information content (AvgIpc) is 2.83. The highest BCUT2D eigenvalue weighted by Gasteiger charge is 2.25. The summed E-state index contributed by atoms with van der Waals surface area (Å²) in [5.41, 5.74) is 2.48. The van der Waals surface area contributed by atoms with Crippen LogP contribution in [0.3, 0.4) is 0 Å². The molecular formula is C16H25NO2. The molecule has 0 aromatic heterocycles. The summed E-state index contributed by atoms with van der Waals surface area (Å²) in [6, 6.07) is 6.68. The maximum atomic E-state index is 9.52. The molecule has 0 heterocycles. The highest BCUT2D eigenvalue weighted by atomic mass is 16.5. The zero-order valence-electron chi connectivity index (χ0n) is 12.2. The first-order chi connectivity index (χ1) is 9.02. The highest BCUT2D eigenvalue weighted by Crippen LogP contribution is 2.26. The molecule has 1 unspecified atom stereocenters. The van der Waals surface area contributed by atoms with Crippen molar-refractivity contribution in [1.29, 1.82) is 0 Å². The van der Waals surface area contributed by atoms with E-state index in [9.17, 15) is 5.11 Å². The van der Waals surface area contributed by atoms with Crippen LogP contribution < -0.4 is 10.1 Å². The van der Waals surface area contributed by atoms with Crippen LogP contribution >= 0.6 is 0 Å². The van der Waals surface area contributed by atoms with Crippen LogP contribution in [0.2, 0.25) is 0 Å². The lowest BCUT2D eigenvalue weighted by Gasteiger charge is -2.31. The van der Waals surface area contributed by atoms with Crippen molar-refractivity contribution in [3.63, 3.8) is 0 Å². The molecule has 1 aromatic rings. The lowest BCUT2D eigenvalue weighted by molar-refractivity contribution is 0.109. The second-order valence-corrected chi connectivity index (χ2v) is 6.09. The van der Waals surface area contributed by atoms with Gasteiger partial charge in [0.15, 0.2) is 0 Å². The van der Waals surface area contributed by atoms with Gasteiger partial charge in [-0.25, -0.2) is 0 Å². The summed E-state index contributed by atoms with van der Waals surface area (Å²) in [4.78, 5) is 0. The van der Waals surface area contributed by atoms with E-state index in [1.54, 1.807) is 0 Å². The maximum Gasteiger partial charge on any atom is 0.119 e. The van der Waals surface area contributed by atoms with E-state index in [-0.39, 0.29) is 6.61 Å². The number of aliphatic hydroxyl groups excluding tert-OH is 1. The third-order valence-electron chi connectivity index (χ3n) is 3.61. The molecule has 2 N–H and O–H groups in total. The standard InChI is InChI=1S/C16H25NO2/c1-12(2)17-16(3,10-18)11-19-15-8-7-13-5-4-6-14(13)9-15/h7-9,12,17-18H,4-6,10-11H2,1-3H3. The second-order valence-electron chi connectivity index (χ2n) is 6.09. The number of hydrogen-bond donors (Lipinski definition) is 2. The number of aliphatic hydroxyl groups is 1. The predicted octanol–water partition coefficient (Wildman–Crippen LogP) is 2.30. The van der Waals surface area contributed by atoms with Gasteiger partial charge in [0, 0.05) is 6.04 Å². The van der Waals surface area contributed by atoms with Crippen LogP contribution in [0.15, 0.2) is 18.2 Å². The molecule has 1 atom stereocenters. The lowest BCUT2D eigenvalue weighted by atomic mass is 10.0. The Bertz CT molecular complexity index is 431. The third kappa shape index (κ3) is 3.71. The summed E-state index contributed by atoms with van der Waals surface area (Å²) in [5.74, 6) is 0.908. The van der Waals surface area contributed by atoms with Gasteiger partial charge in [-0.1, -0.05) is 19.9 Å². The molecule has 0 spiro atoms. The van der Waals surface area contributed by atoms with E-state index >= 15 is 0 Å². The molecule has 1 aliphatic rings. The molecule has 2 rings (SSSR count). The maximum absolute atomic E-state index is 9.52. The van der Waals surface area contributed by atoms with E-state index in [1.165, 1.54) is 24.0 Å². The summed E-state index contributed by atoms with van der Waals surface area (Å²) < 4.78 is 5.87. The van der Waals surface area contributed by atoms with E-state index < -0.39 is 5.54 Å². The molecule has 0 saturated heterocycles. The molecule has 0 amide bonds. The SMILES string of the molecule is CC(C)NC(C)(CO)COc1ccc2c(c1)CCC2. The van der Waals surface area contributed by atoms with Crippen LogP contribution in [-0.2, 0) is 12.8 Å². The zero-order valence-corrected chi connectivity index (χ0v) is 12.2. The zero-order chi connectivity index (χ0) is 13.9. The van der Waals surface area contributed by atoms with Gasteiger partial charge in [-0.3, -0.25) is 0 Å². The first-order valence-corrected chi connectivity index (χ1v) is 7.15. The Morgan fingerprint density at radius 3 is 2.74 bits per heavy atom. The Kier molecular flexibility index (Phi) is 4.48. The van der Waals surface area contributed by atoms with Gasteiger partial charge in [0.2, 0.25) is 0 Å². The fraction of sp³-hybridized carbons (Fsp3) is 0.625. The number of nitrogens with one attached hydrogen (secondary N) is 1. The van der Waals surface area contributed by atoms with Crippen LogP contribution in [-0.4, -0.2) is 29.9 Å². The molecule has 0 radical (unpaired) electrons. The number of rotatable bonds is 6. The molecule has 3 heteroatoms. The largest absolute Gasteiger partial charge is 0.492 e. The smallest absolute Gasteiger partial charge is 0.119 e. The fourth-order valence-corrected chi connectivity index (χ4v) is 2.71. The highest BCUT2D eigenvalue weighted by molar-refractivity contribution is 5.38. The van der Waals surface area contributed by atoms with Gasteiger partial charge in [-0.2, -0.15) is 0 Å². The number of fused-ring (bicyclic) bond motifs is 1. The molecule has 1 aromatic carbocycles. The Hall–Kier alpha value is -1.06. The Morgan fingerprint density at radius 2 is 2.05 bits per heavy atom. The quantitative estimate of drug-likeness (QED) is 0.827. The van der Waals surface area contributed by atoms with Crippen molar-refractivity contribution in [2.45, 2.75) is 51.6 Å². The monoisotopic (exact) mass is 263 g/mol. The van der Waals surface area contributed by atoms with Crippen LogP contribution in [0.1, 0.15) is 38.3 Å². The van der Waals surface area contributed by atoms with Gasteiger partial charge in [0.1, 0.15) is 12.4 Å². The fourth-order valence-electron chi connectivity index (χ4n) is 2.71. The second kappa shape index (κ2) is 5.93. The van der Waals surface area contributed by atoms with Crippen molar-refractivity contribution in [3.8, 4) is 5.75 Å². The summed E-state index contributed by atoms with van der Waals surface area (Å²) in [6.07, 6.45) is 3.61. The molecule has 19 heavy (non-hydrogen) atoms. The Morgan fingerprint density at radius 1 is 1.32 bits per heavy atom. The minimum absolute atomic E-state index is 0.0656. The van der Waals surface area contributed by atoms with Gasteiger partial charge in [-0.05, 0) is 49.4 Å². The average molecular weight is 263 g/mol. The Balaban J connectivity index is 1.97. The Labute approximate surface area is 116 Å². The minimum Gasteiger partial charge on any atom is -0.492 e. The van der Waals surface area contributed by atoms with Crippen LogP contribution in [0.4, 0.5) is 0 Å². The van der Waals surface area contributed by atoms with Crippen molar-refractivity contribution in [3.05, 3.63) is 29.3 Å².